The van der Waals surface area contributed by atoms with Crippen LogP contribution in [0.2, 0.25) is 0 Å². The maximum Gasteiger partial charge on any atom is 0.0669 e. The van der Waals surface area contributed by atoms with Crippen molar-refractivity contribution >= 4 is 0 Å². The predicted octanol–water partition coefficient (Wildman–Crippen LogP) is 1.75. The number of likely N-dealkylation sites (tertiary alicyclic amines) is 1. The summed E-state index contributed by atoms with van der Waals surface area (Å²) in [5.41, 5.74) is 0. The second kappa shape index (κ2) is 11.4. The monoisotopic (exact) mass is 186 g/mol. The first-order valence-corrected chi connectivity index (χ1v) is 4.72. The Hall–Kier alpha value is -0.590. The van der Waals surface area contributed by atoms with Gasteiger partial charge in [0.25, 0.3) is 0 Å². The Morgan fingerprint density at radius 3 is 2.00 bits per heavy atom. The van der Waals surface area contributed by atoms with Crippen LogP contribution >= 0.6 is 0 Å². The third kappa shape index (κ3) is 9.32. The van der Waals surface area contributed by atoms with E-state index in [-0.39, 0.29) is 0 Å². The summed E-state index contributed by atoms with van der Waals surface area (Å²) >= 11 is 0. The molecule has 0 radical (unpaired) electrons. The highest BCUT2D eigenvalue weighted by molar-refractivity contribution is 4.89. The van der Waals surface area contributed by atoms with Gasteiger partial charge < -0.3 is 9.64 Å². The molecule has 0 aliphatic carbocycles. The second-order valence-electron chi connectivity index (χ2n) is 2.79. The molecule has 1 rings (SSSR count). The fraction of sp³-hybridized carbons (Fsp3) is 0.900. The van der Waals surface area contributed by atoms with Gasteiger partial charge in [-0.05, 0) is 20.0 Å². The van der Waals surface area contributed by atoms with Gasteiger partial charge in [0.2, 0.25) is 0 Å². The minimum absolute atomic E-state index is 0.306. The Morgan fingerprint density at radius 2 is 1.85 bits per heavy atom. The summed E-state index contributed by atoms with van der Waals surface area (Å²) in [4.78, 5) is 2.19. The largest absolute Gasteiger partial charge is 0.388 e. The van der Waals surface area contributed by atoms with Crippen LogP contribution in [0.15, 0.2) is 0 Å². The van der Waals surface area contributed by atoms with E-state index in [0.717, 1.165) is 19.5 Å². The highest BCUT2D eigenvalue weighted by Gasteiger charge is 2.17. The zero-order chi connectivity index (χ0) is 10.7. The van der Waals surface area contributed by atoms with Crippen molar-refractivity contribution in [3.8, 4) is 6.07 Å². The summed E-state index contributed by atoms with van der Waals surface area (Å²) in [5, 5.41) is 8.41. The highest BCUT2D eigenvalue weighted by atomic mass is 16.4. The Morgan fingerprint density at radius 1 is 1.38 bits per heavy atom. The molecule has 0 aromatic carbocycles. The van der Waals surface area contributed by atoms with Gasteiger partial charge in [-0.3, -0.25) is 0 Å². The van der Waals surface area contributed by atoms with Crippen molar-refractivity contribution in [3.05, 3.63) is 0 Å². The summed E-state index contributed by atoms with van der Waals surface area (Å²) in [5.74, 6) is 0.306. The van der Waals surface area contributed by atoms with Gasteiger partial charge in [-0.25, -0.2) is 0 Å². The van der Waals surface area contributed by atoms with Crippen molar-refractivity contribution in [2.24, 2.45) is 5.92 Å². The van der Waals surface area contributed by atoms with Crippen LogP contribution < -0.4 is 0 Å². The van der Waals surface area contributed by atoms with Gasteiger partial charge in [0.05, 0.1) is 12.0 Å². The van der Waals surface area contributed by atoms with E-state index in [1.807, 2.05) is 13.8 Å². The summed E-state index contributed by atoms with van der Waals surface area (Å²) in [7, 11) is 5.30. The molecule has 13 heavy (non-hydrogen) atoms. The average molecular weight is 186 g/mol. The molecule has 3 heteroatoms. The van der Waals surface area contributed by atoms with E-state index in [0.29, 0.717) is 5.92 Å². The van der Waals surface area contributed by atoms with Gasteiger partial charge in [0, 0.05) is 20.8 Å². The van der Waals surface area contributed by atoms with Crippen molar-refractivity contribution in [3.63, 3.8) is 0 Å². The molecule has 0 N–H and O–H groups in total. The van der Waals surface area contributed by atoms with Crippen LogP contribution in [0, 0.1) is 17.2 Å². The van der Waals surface area contributed by atoms with Crippen LogP contribution in [0.5, 0.6) is 0 Å². The fourth-order valence-corrected chi connectivity index (χ4v) is 1.04. The van der Waals surface area contributed by atoms with Gasteiger partial charge >= 0.3 is 0 Å². The predicted molar refractivity (Wildman–Crippen MR) is 55.5 cm³/mol. The molecule has 1 heterocycles. The summed E-state index contributed by atoms with van der Waals surface area (Å²) < 4.78 is 4.25. The lowest BCUT2D eigenvalue weighted by Crippen LogP contribution is -2.13. The molecular formula is C10H22N2O. The molecule has 0 aromatic rings. The van der Waals surface area contributed by atoms with E-state index < -0.39 is 0 Å². The van der Waals surface area contributed by atoms with Crippen molar-refractivity contribution in [1.29, 1.82) is 5.26 Å². The van der Waals surface area contributed by atoms with E-state index in [1.165, 1.54) is 0 Å². The Labute approximate surface area is 82.3 Å². The third-order valence-electron chi connectivity index (χ3n) is 1.57. The molecule has 0 amide bonds. The topological polar surface area (TPSA) is 36.3 Å². The highest BCUT2D eigenvalue weighted by Crippen LogP contribution is 2.11. The molecule has 1 fully saturated rings. The SMILES string of the molecule is CC.CN1CCC(C#N)C1.COC. The van der Waals surface area contributed by atoms with Crippen LogP contribution in [-0.2, 0) is 4.74 Å². The molecule has 1 unspecified atom stereocenters. The first-order valence-electron chi connectivity index (χ1n) is 4.72. The van der Waals surface area contributed by atoms with E-state index in [9.17, 15) is 0 Å². The van der Waals surface area contributed by atoms with E-state index in [4.69, 9.17) is 5.26 Å². The lowest BCUT2D eigenvalue weighted by molar-refractivity contribution is 0.277. The van der Waals surface area contributed by atoms with E-state index >= 15 is 0 Å². The molecule has 1 aliphatic rings. The van der Waals surface area contributed by atoms with Crippen molar-refractivity contribution in [1.82, 2.24) is 4.90 Å². The maximum atomic E-state index is 8.41. The van der Waals surface area contributed by atoms with Crippen molar-refractivity contribution in [2.45, 2.75) is 20.3 Å². The molecule has 0 bridgehead atoms. The lowest BCUT2D eigenvalue weighted by Gasteiger charge is -2.02. The Kier molecular flexibility index (Phi) is 13.1. The smallest absolute Gasteiger partial charge is 0.0669 e. The summed E-state index contributed by atoms with van der Waals surface area (Å²) in [6, 6.07) is 2.25. The van der Waals surface area contributed by atoms with Crippen LogP contribution in [-0.4, -0.2) is 39.3 Å². The number of rotatable bonds is 0. The molecule has 3 nitrogen and oxygen atoms in total. The average Bonchev–Trinajstić information content (AvgIpc) is 2.56. The van der Waals surface area contributed by atoms with Gasteiger partial charge in [-0.1, -0.05) is 13.8 Å². The van der Waals surface area contributed by atoms with Gasteiger partial charge in [0.15, 0.2) is 0 Å². The number of ether oxygens (including phenoxy) is 1. The lowest BCUT2D eigenvalue weighted by atomic mass is 10.1. The normalized spacial score (nSPS) is 20.5. The van der Waals surface area contributed by atoms with Crippen molar-refractivity contribution in [2.75, 3.05) is 34.4 Å². The standard InChI is InChI=1S/C6H10N2.C2H6O.C2H6/c1-8-3-2-6(4-7)5-8;1-3-2;1-2/h6H,2-3,5H2,1H3;1-2H3;1-2H3. The number of nitrogens with zero attached hydrogens (tertiary/aromatic N) is 2. The minimum Gasteiger partial charge on any atom is -0.388 e. The minimum atomic E-state index is 0.306. The van der Waals surface area contributed by atoms with Crippen LogP contribution in [0.3, 0.4) is 0 Å². The molecule has 78 valence electrons. The van der Waals surface area contributed by atoms with Gasteiger partial charge in [-0.15, -0.1) is 0 Å². The molecule has 1 saturated heterocycles. The van der Waals surface area contributed by atoms with E-state index in [2.05, 4.69) is 22.8 Å². The Balaban J connectivity index is 0. The number of methoxy groups -OCH3 is 1. The number of hydrogen-bond donors (Lipinski definition) is 0. The Bertz CT molecular complexity index is 131. The molecule has 1 atom stereocenters. The van der Waals surface area contributed by atoms with Gasteiger partial charge in [0.1, 0.15) is 0 Å². The third-order valence-corrected chi connectivity index (χ3v) is 1.57. The van der Waals surface area contributed by atoms with Crippen LogP contribution in [0.25, 0.3) is 0 Å². The zero-order valence-electron chi connectivity index (χ0n) is 9.50. The summed E-state index contributed by atoms with van der Waals surface area (Å²) in [6.45, 7) is 6.06. The summed E-state index contributed by atoms with van der Waals surface area (Å²) in [6.07, 6.45) is 1.06. The quantitative estimate of drug-likeness (QED) is 0.578. The first kappa shape index (κ1) is 14.9. The fourth-order valence-electron chi connectivity index (χ4n) is 1.04. The van der Waals surface area contributed by atoms with E-state index in [1.54, 1.807) is 14.2 Å². The van der Waals surface area contributed by atoms with Crippen LogP contribution in [0.1, 0.15) is 20.3 Å². The first-order chi connectivity index (χ1) is 6.24. The number of nitriles is 1. The number of hydrogen-bond acceptors (Lipinski definition) is 3. The second-order valence-corrected chi connectivity index (χ2v) is 2.79. The zero-order valence-corrected chi connectivity index (χ0v) is 9.50. The maximum absolute atomic E-state index is 8.41. The van der Waals surface area contributed by atoms with Gasteiger partial charge in [-0.2, -0.15) is 5.26 Å². The molecule has 0 saturated carbocycles. The van der Waals surface area contributed by atoms with Crippen molar-refractivity contribution < 1.29 is 4.74 Å². The molecular weight excluding hydrogens is 164 g/mol. The molecule has 1 aliphatic heterocycles. The molecule has 0 aromatic heterocycles. The van der Waals surface area contributed by atoms with Crippen LogP contribution in [0.4, 0.5) is 0 Å². The molecule has 0 spiro atoms.